The van der Waals surface area contributed by atoms with Gasteiger partial charge in [0.25, 0.3) is 0 Å². The van der Waals surface area contributed by atoms with E-state index in [4.69, 9.17) is 5.73 Å². The Morgan fingerprint density at radius 2 is 2.50 bits per heavy atom. The number of nitrogens with zero attached hydrogens (tertiary/aromatic N) is 1. The molecule has 1 aliphatic heterocycles. The molecule has 3 N–H and O–H groups in total. The van der Waals surface area contributed by atoms with Gasteiger partial charge >= 0.3 is 0 Å². The molecule has 0 saturated carbocycles. The quantitative estimate of drug-likeness (QED) is 0.677. The number of nitrogens with two attached hydrogens (primary N) is 1. The van der Waals surface area contributed by atoms with Crippen molar-refractivity contribution in [3.8, 4) is 0 Å². The molecule has 0 aromatic heterocycles. The van der Waals surface area contributed by atoms with Gasteiger partial charge in [-0.05, 0) is 24.9 Å². The molecule has 0 spiro atoms. The van der Waals surface area contributed by atoms with Crippen LogP contribution in [0.25, 0.3) is 0 Å². The summed E-state index contributed by atoms with van der Waals surface area (Å²) in [7, 11) is 0. The summed E-state index contributed by atoms with van der Waals surface area (Å²) in [6, 6.07) is -0.396. The van der Waals surface area contributed by atoms with Gasteiger partial charge in [-0.25, -0.2) is 0 Å². The lowest BCUT2D eigenvalue weighted by Crippen LogP contribution is -2.43. The van der Waals surface area contributed by atoms with Gasteiger partial charge in [0.05, 0.1) is 12.1 Å². The zero-order valence-electron chi connectivity index (χ0n) is 8.48. The molecular weight excluding hydrogens is 200 g/mol. The van der Waals surface area contributed by atoms with Crippen LogP contribution in [0, 0.1) is 0 Å². The number of carbonyl (C=O) groups is 1. The zero-order chi connectivity index (χ0) is 10.6. The number of aliphatic hydroxyl groups is 1. The number of carbonyl (C=O) groups excluding carboxylic acids is 1. The molecule has 82 valence electrons. The monoisotopic (exact) mass is 218 g/mol. The lowest BCUT2D eigenvalue weighted by Gasteiger charge is -2.19. The number of thioether (sulfide) groups is 1. The summed E-state index contributed by atoms with van der Waals surface area (Å²) in [5.74, 6) is 0.888. The molecule has 14 heavy (non-hydrogen) atoms. The molecule has 1 heterocycles. The van der Waals surface area contributed by atoms with Gasteiger partial charge in [0.2, 0.25) is 5.91 Å². The van der Waals surface area contributed by atoms with Crippen molar-refractivity contribution in [3.63, 3.8) is 0 Å². The Hall–Kier alpha value is -0.260. The molecule has 0 unspecified atom stereocenters. The van der Waals surface area contributed by atoms with E-state index in [-0.39, 0.29) is 12.0 Å². The highest BCUT2D eigenvalue weighted by atomic mass is 32.2. The number of aliphatic hydroxyl groups excluding tert-OH is 1. The molecule has 0 aromatic rings. The molecule has 0 bridgehead atoms. The summed E-state index contributed by atoms with van der Waals surface area (Å²) >= 11 is 1.69. The van der Waals surface area contributed by atoms with Crippen molar-refractivity contribution >= 4 is 17.7 Å². The topological polar surface area (TPSA) is 66.6 Å². The van der Waals surface area contributed by atoms with E-state index in [0.717, 1.165) is 5.75 Å². The highest BCUT2D eigenvalue weighted by molar-refractivity contribution is 7.98. The molecule has 0 aromatic carbocycles. The molecule has 0 radical (unpaired) electrons. The third-order valence-electron chi connectivity index (χ3n) is 2.43. The SMILES string of the molecule is CSCC[C@H](N)C(=O)N1CC[C@@H](O)C1. The first-order valence-electron chi connectivity index (χ1n) is 4.86. The normalized spacial score (nSPS) is 23.9. The number of hydrogen-bond donors (Lipinski definition) is 2. The maximum atomic E-state index is 11.7. The average Bonchev–Trinajstić information content (AvgIpc) is 2.60. The van der Waals surface area contributed by atoms with Crippen LogP contribution in [0.5, 0.6) is 0 Å². The van der Waals surface area contributed by atoms with Crippen molar-refractivity contribution in [1.29, 1.82) is 0 Å². The Morgan fingerprint density at radius 3 is 3.00 bits per heavy atom. The minimum absolute atomic E-state index is 0.0180. The zero-order valence-corrected chi connectivity index (χ0v) is 9.30. The van der Waals surface area contributed by atoms with Crippen LogP contribution >= 0.6 is 11.8 Å². The predicted octanol–water partition coefficient (Wildman–Crippen LogP) is -0.340. The van der Waals surface area contributed by atoms with Crippen LogP contribution in [0.15, 0.2) is 0 Å². The van der Waals surface area contributed by atoms with E-state index in [1.807, 2.05) is 6.26 Å². The van der Waals surface area contributed by atoms with Crippen molar-refractivity contribution in [2.24, 2.45) is 5.73 Å². The standard InChI is InChI=1S/C9H18N2O2S/c1-14-5-3-8(10)9(13)11-4-2-7(12)6-11/h7-8,12H,2-6,10H2,1H3/t7-,8+/m1/s1. The van der Waals surface area contributed by atoms with Crippen molar-refractivity contribution in [2.45, 2.75) is 25.0 Å². The molecule has 0 aliphatic carbocycles. The maximum Gasteiger partial charge on any atom is 0.239 e. The molecular formula is C9H18N2O2S. The van der Waals surface area contributed by atoms with Crippen LogP contribution in [0.1, 0.15) is 12.8 Å². The van der Waals surface area contributed by atoms with E-state index >= 15 is 0 Å². The molecule has 1 saturated heterocycles. The molecule has 4 nitrogen and oxygen atoms in total. The molecule has 1 fully saturated rings. The summed E-state index contributed by atoms with van der Waals surface area (Å²) in [4.78, 5) is 13.3. The van der Waals surface area contributed by atoms with Crippen LogP contribution in [0.2, 0.25) is 0 Å². The van der Waals surface area contributed by atoms with Crippen LogP contribution in [-0.4, -0.2) is 53.2 Å². The number of hydrogen-bond acceptors (Lipinski definition) is 4. The van der Waals surface area contributed by atoms with Crippen LogP contribution < -0.4 is 5.73 Å². The fraction of sp³-hybridized carbons (Fsp3) is 0.889. The van der Waals surface area contributed by atoms with Crippen LogP contribution in [0.3, 0.4) is 0 Å². The minimum atomic E-state index is -0.396. The van der Waals surface area contributed by atoms with E-state index in [9.17, 15) is 9.90 Å². The van der Waals surface area contributed by atoms with E-state index in [2.05, 4.69) is 0 Å². The highest BCUT2D eigenvalue weighted by Crippen LogP contribution is 2.11. The van der Waals surface area contributed by atoms with Gasteiger partial charge in [0.1, 0.15) is 0 Å². The van der Waals surface area contributed by atoms with Gasteiger partial charge < -0.3 is 15.7 Å². The van der Waals surface area contributed by atoms with Gasteiger partial charge in [-0.2, -0.15) is 11.8 Å². The van der Waals surface area contributed by atoms with Gasteiger partial charge in [0, 0.05) is 13.1 Å². The van der Waals surface area contributed by atoms with E-state index in [1.54, 1.807) is 16.7 Å². The summed E-state index contributed by atoms with van der Waals surface area (Å²) in [6.07, 6.45) is 3.04. The Labute approximate surface area is 88.8 Å². The van der Waals surface area contributed by atoms with Gasteiger partial charge in [0.15, 0.2) is 0 Å². The molecule has 5 heteroatoms. The number of amides is 1. The molecule has 1 rings (SSSR count). The molecule has 1 amide bonds. The Kier molecular flexibility index (Phi) is 4.71. The fourth-order valence-corrected chi connectivity index (χ4v) is 2.03. The Morgan fingerprint density at radius 1 is 1.79 bits per heavy atom. The average molecular weight is 218 g/mol. The molecule has 1 aliphatic rings. The van der Waals surface area contributed by atoms with Crippen molar-refractivity contribution in [3.05, 3.63) is 0 Å². The van der Waals surface area contributed by atoms with Crippen molar-refractivity contribution < 1.29 is 9.90 Å². The van der Waals surface area contributed by atoms with E-state index < -0.39 is 6.04 Å². The van der Waals surface area contributed by atoms with Gasteiger partial charge in [-0.3, -0.25) is 4.79 Å². The summed E-state index contributed by atoms with van der Waals surface area (Å²) in [6.45, 7) is 1.10. The lowest BCUT2D eigenvalue weighted by molar-refractivity contribution is -0.131. The lowest BCUT2D eigenvalue weighted by atomic mass is 10.2. The van der Waals surface area contributed by atoms with Crippen molar-refractivity contribution in [1.82, 2.24) is 4.90 Å². The second-order valence-corrected chi connectivity index (χ2v) is 4.60. The molecule has 2 atom stereocenters. The summed E-state index contributed by atoms with van der Waals surface area (Å²) in [5, 5.41) is 9.27. The van der Waals surface area contributed by atoms with Gasteiger partial charge in [-0.15, -0.1) is 0 Å². The minimum Gasteiger partial charge on any atom is -0.391 e. The second kappa shape index (κ2) is 5.58. The van der Waals surface area contributed by atoms with Crippen LogP contribution in [-0.2, 0) is 4.79 Å². The van der Waals surface area contributed by atoms with Crippen LogP contribution in [0.4, 0.5) is 0 Å². The van der Waals surface area contributed by atoms with Gasteiger partial charge in [-0.1, -0.05) is 0 Å². The Bertz CT molecular complexity index is 201. The second-order valence-electron chi connectivity index (χ2n) is 3.61. The summed E-state index contributed by atoms with van der Waals surface area (Å²) in [5.41, 5.74) is 5.74. The highest BCUT2D eigenvalue weighted by Gasteiger charge is 2.27. The maximum absolute atomic E-state index is 11.7. The predicted molar refractivity (Wildman–Crippen MR) is 58.2 cm³/mol. The Balaban J connectivity index is 2.32. The van der Waals surface area contributed by atoms with E-state index in [1.165, 1.54) is 0 Å². The fourth-order valence-electron chi connectivity index (χ4n) is 1.54. The van der Waals surface area contributed by atoms with E-state index in [0.29, 0.717) is 25.9 Å². The third kappa shape index (κ3) is 3.15. The smallest absolute Gasteiger partial charge is 0.239 e. The number of likely N-dealkylation sites (tertiary alicyclic amines) is 1. The first-order valence-corrected chi connectivity index (χ1v) is 6.26. The van der Waals surface area contributed by atoms with Crippen molar-refractivity contribution in [2.75, 3.05) is 25.1 Å². The number of rotatable bonds is 4. The number of β-amino-alcohol motifs (C(OH)–C–C–N with tert-alkyl or cyclic N) is 1. The third-order valence-corrected chi connectivity index (χ3v) is 3.07. The summed E-state index contributed by atoms with van der Waals surface area (Å²) < 4.78 is 0. The largest absolute Gasteiger partial charge is 0.391 e. The first kappa shape index (κ1) is 11.8. The first-order chi connectivity index (χ1) is 6.65.